The molecule has 1 aromatic rings. The number of anilines is 1. The minimum Gasteiger partial charge on any atom is -0.339 e. The first-order chi connectivity index (χ1) is 10.5. The molecule has 1 unspecified atom stereocenters. The highest BCUT2D eigenvalue weighted by Gasteiger charge is 2.24. The molecule has 0 aromatic heterocycles. The zero-order chi connectivity index (χ0) is 16.1. The van der Waals surface area contributed by atoms with Crippen LogP contribution in [0.5, 0.6) is 0 Å². The smallest absolute Gasteiger partial charge is 0.256 e. The minimum absolute atomic E-state index is 0.00466. The molecule has 0 aliphatic carbocycles. The lowest BCUT2D eigenvalue weighted by Gasteiger charge is -2.20. The Bertz CT molecular complexity index is 551. The van der Waals surface area contributed by atoms with Gasteiger partial charge in [0, 0.05) is 13.1 Å². The maximum absolute atomic E-state index is 12.7. The van der Waals surface area contributed by atoms with E-state index >= 15 is 0 Å². The molecule has 1 atom stereocenters. The molecule has 1 saturated heterocycles. The van der Waals surface area contributed by atoms with E-state index in [0.717, 1.165) is 37.9 Å². The second kappa shape index (κ2) is 7.40. The van der Waals surface area contributed by atoms with Crippen LogP contribution in [0.4, 0.5) is 5.69 Å². The fourth-order valence-corrected chi connectivity index (χ4v) is 2.80. The molecule has 0 bridgehead atoms. The SMILES string of the molecule is CCCC(N)C(=O)Nc1cccc(C)c1C(=O)N1CCCC1. The summed E-state index contributed by atoms with van der Waals surface area (Å²) in [5.74, 6) is -0.238. The molecule has 1 aromatic carbocycles. The number of carbonyl (C=O) groups excluding carboxylic acids is 2. The number of nitrogens with two attached hydrogens (primary N) is 1. The predicted molar refractivity (Wildman–Crippen MR) is 87.8 cm³/mol. The normalized spacial score (nSPS) is 15.7. The van der Waals surface area contributed by atoms with E-state index in [1.165, 1.54) is 0 Å². The van der Waals surface area contributed by atoms with E-state index in [4.69, 9.17) is 5.73 Å². The summed E-state index contributed by atoms with van der Waals surface area (Å²) in [7, 11) is 0. The zero-order valence-corrected chi connectivity index (χ0v) is 13.4. The van der Waals surface area contributed by atoms with E-state index in [9.17, 15) is 9.59 Å². The average Bonchev–Trinajstić information content (AvgIpc) is 3.01. The summed E-state index contributed by atoms with van der Waals surface area (Å²) in [6.45, 7) is 5.46. The lowest BCUT2D eigenvalue weighted by molar-refractivity contribution is -0.117. The summed E-state index contributed by atoms with van der Waals surface area (Å²) in [6, 6.07) is 4.97. The van der Waals surface area contributed by atoms with E-state index in [2.05, 4.69) is 5.32 Å². The zero-order valence-electron chi connectivity index (χ0n) is 13.4. The highest BCUT2D eigenvalue weighted by molar-refractivity contribution is 6.05. The number of nitrogens with zero attached hydrogens (tertiary/aromatic N) is 1. The van der Waals surface area contributed by atoms with E-state index in [-0.39, 0.29) is 11.8 Å². The number of aryl methyl sites for hydroxylation is 1. The Morgan fingerprint density at radius 3 is 2.64 bits per heavy atom. The van der Waals surface area contributed by atoms with Gasteiger partial charge in [0.05, 0.1) is 17.3 Å². The Morgan fingerprint density at radius 2 is 2.00 bits per heavy atom. The van der Waals surface area contributed by atoms with Gasteiger partial charge < -0.3 is 16.0 Å². The Kier molecular flexibility index (Phi) is 5.55. The summed E-state index contributed by atoms with van der Waals surface area (Å²) in [6.07, 6.45) is 3.57. The number of amides is 2. The molecule has 22 heavy (non-hydrogen) atoms. The van der Waals surface area contributed by atoms with Crippen LogP contribution >= 0.6 is 0 Å². The van der Waals surface area contributed by atoms with Crippen molar-refractivity contribution in [3.8, 4) is 0 Å². The molecule has 0 radical (unpaired) electrons. The van der Waals surface area contributed by atoms with Crippen molar-refractivity contribution < 1.29 is 9.59 Å². The molecule has 2 rings (SSSR count). The Labute approximate surface area is 131 Å². The van der Waals surface area contributed by atoms with Gasteiger partial charge in [-0.05, 0) is 37.8 Å². The van der Waals surface area contributed by atoms with Gasteiger partial charge in [-0.25, -0.2) is 0 Å². The van der Waals surface area contributed by atoms with Crippen molar-refractivity contribution >= 4 is 17.5 Å². The van der Waals surface area contributed by atoms with Gasteiger partial charge in [0.1, 0.15) is 0 Å². The van der Waals surface area contributed by atoms with Crippen LogP contribution in [0.2, 0.25) is 0 Å². The van der Waals surface area contributed by atoms with Gasteiger partial charge in [-0.2, -0.15) is 0 Å². The molecule has 5 heteroatoms. The number of rotatable bonds is 5. The summed E-state index contributed by atoms with van der Waals surface area (Å²) in [5.41, 5.74) is 7.88. The number of hydrogen-bond acceptors (Lipinski definition) is 3. The molecule has 1 heterocycles. The van der Waals surface area contributed by atoms with Crippen LogP contribution < -0.4 is 11.1 Å². The van der Waals surface area contributed by atoms with Gasteiger partial charge in [-0.15, -0.1) is 0 Å². The van der Waals surface area contributed by atoms with Crippen LogP contribution in [-0.2, 0) is 4.79 Å². The summed E-state index contributed by atoms with van der Waals surface area (Å²) < 4.78 is 0. The van der Waals surface area contributed by atoms with Crippen molar-refractivity contribution in [1.82, 2.24) is 4.90 Å². The molecule has 1 fully saturated rings. The topological polar surface area (TPSA) is 75.4 Å². The maximum atomic E-state index is 12.7. The quantitative estimate of drug-likeness (QED) is 0.876. The van der Waals surface area contributed by atoms with Crippen molar-refractivity contribution in [2.24, 2.45) is 5.73 Å². The van der Waals surface area contributed by atoms with Crippen LogP contribution in [-0.4, -0.2) is 35.8 Å². The molecule has 2 amide bonds. The fourth-order valence-electron chi connectivity index (χ4n) is 2.80. The largest absolute Gasteiger partial charge is 0.339 e. The van der Waals surface area contributed by atoms with Gasteiger partial charge in [0.25, 0.3) is 5.91 Å². The molecule has 1 aliphatic heterocycles. The first-order valence-electron chi connectivity index (χ1n) is 8.00. The molecule has 0 saturated carbocycles. The number of hydrogen-bond donors (Lipinski definition) is 2. The van der Waals surface area contributed by atoms with E-state index in [0.29, 0.717) is 17.7 Å². The summed E-state index contributed by atoms with van der Waals surface area (Å²) in [4.78, 5) is 26.7. The van der Waals surface area contributed by atoms with Crippen LogP contribution in [0.3, 0.4) is 0 Å². The van der Waals surface area contributed by atoms with E-state index in [1.54, 1.807) is 6.07 Å². The number of benzene rings is 1. The van der Waals surface area contributed by atoms with Crippen LogP contribution in [0.15, 0.2) is 18.2 Å². The molecule has 120 valence electrons. The molecular formula is C17H25N3O2. The lowest BCUT2D eigenvalue weighted by Crippen LogP contribution is -2.36. The van der Waals surface area contributed by atoms with E-state index < -0.39 is 6.04 Å². The third-order valence-electron chi connectivity index (χ3n) is 4.07. The third kappa shape index (κ3) is 3.65. The Morgan fingerprint density at radius 1 is 1.32 bits per heavy atom. The van der Waals surface area contributed by atoms with Gasteiger partial charge >= 0.3 is 0 Å². The highest BCUT2D eigenvalue weighted by atomic mass is 16.2. The first-order valence-corrected chi connectivity index (χ1v) is 8.00. The first kappa shape index (κ1) is 16.5. The monoisotopic (exact) mass is 303 g/mol. The Hall–Kier alpha value is -1.88. The predicted octanol–water partition coefficient (Wildman–Crippen LogP) is 2.30. The van der Waals surface area contributed by atoms with Crippen molar-refractivity contribution in [3.63, 3.8) is 0 Å². The second-order valence-electron chi connectivity index (χ2n) is 5.88. The van der Waals surface area contributed by atoms with E-state index in [1.807, 2.05) is 30.9 Å². The summed E-state index contributed by atoms with van der Waals surface area (Å²) >= 11 is 0. The van der Waals surface area contributed by atoms with Crippen LogP contribution in [0.25, 0.3) is 0 Å². The van der Waals surface area contributed by atoms with Crippen molar-refractivity contribution in [3.05, 3.63) is 29.3 Å². The lowest BCUT2D eigenvalue weighted by atomic mass is 10.0. The number of nitrogens with one attached hydrogen (secondary N) is 1. The van der Waals surface area contributed by atoms with Crippen LogP contribution in [0.1, 0.15) is 48.5 Å². The minimum atomic E-state index is -0.541. The van der Waals surface area contributed by atoms with Gasteiger partial charge in [0.15, 0.2) is 0 Å². The van der Waals surface area contributed by atoms with Crippen molar-refractivity contribution in [2.75, 3.05) is 18.4 Å². The highest BCUT2D eigenvalue weighted by Crippen LogP contribution is 2.23. The standard InChI is InChI=1S/C17H25N3O2/c1-3-7-13(18)16(21)19-14-9-6-8-12(2)15(14)17(22)20-10-4-5-11-20/h6,8-9,13H,3-5,7,10-11,18H2,1-2H3,(H,19,21). The maximum Gasteiger partial charge on any atom is 0.256 e. The molecular weight excluding hydrogens is 278 g/mol. The molecule has 0 spiro atoms. The number of likely N-dealkylation sites (tertiary alicyclic amines) is 1. The second-order valence-corrected chi connectivity index (χ2v) is 5.88. The Balaban J connectivity index is 2.22. The summed E-state index contributed by atoms with van der Waals surface area (Å²) in [5, 5.41) is 2.83. The molecule has 1 aliphatic rings. The van der Waals surface area contributed by atoms with Gasteiger partial charge in [-0.1, -0.05) is 25.5 Å². The van der Waals surface area contributed by atoms with Crippen LogP contribution in [0, 0.1) is 6.92 Å². The fraction of sp³-hybridized carbons (Fsp3) is 0.529. The van der Waals surface area contributed by atoms with Crippen molar-refractivity contribution in [1.29, 1.82) is 0 Å². The van der Waals surface area contributed by atoms with Gasteiger partial charge in [-0.3, -0.25) is 9.59 Å². The average molecular weight is 303 g/mol. The van der Waals surface area contributed by atoms with Crippen molar-refractivity contribution in [2.45, 2.75) is 45.6 Å². The molecule has 3 N–H and O–H groups in total. The number of carbonyl (C=O) groups is 2. The molecule has 5 nitrogen and oxygen atoms in total. The third-order valence-corrected chi connectivity index (χ3v) is 4.07. The van der Waals surface area contributed by atoms with Gasteiger partial charge in [0.2, 0.25) is 5.91 Å².